The van der Waals surface area contributed by atoms with Crippen molar-refractivity contribution in [2.24, 2.45) is 0 Å². The molecular formula is C19H17N3O. The Kier molecular flexibility index (Phi) is 4.39. The highest BCUT2D eigenvalue weighted by molar-refractivity contribution is 5.91. The van der Waals surface area contributed by atoms with Crippen LogP contribution in [0.15, 0.2) is 54.6 Å². The number of para-hydroxylation sites is 1. The predicted octanol–water partition coefficient (Wildman–Crippen LogP) is 3.77. The van der Waals surface area contributed by atoms with E-state index in [1.807, 2.05) is 42.5 Å². The van der Waals surface area contributed by atoms with Crippen molar-refractivity contribution in [1.82, 2.24) is 4.98 Å². The summed E-state index contributed by atoms with van der Waals surface area (Å²) in [5.74, 6) is 0.864. The van der Waals surface area contributed by atoms with Gasteiger partial charge in [0, 0.05) is 17.6 Å². The molecule has 0 atom stereocenters. The summed E-state index contributed by atoms with van der Waals surface area (Å²) >= 11 is 0. The molecule has 0 spiro atoms. The Morgan fingerprint density at radius 1 is 1.13 bits per heavy atom. The number of benzene rings is 2. The van der Waals surface area contributed by atoms with Gasteiger partial charge in [0.15, 0.2) is 0 Å². The average molecular weight is 303 g/mol. The third-order valence-electron chi connectivity index (χ3n) is 3.69. The molecule has 1 heterocycles. The molecule has 0 aliphatic carbocycles. The van der Waals surface area contributed by atoms with Crippen LogP contribution < -0.4 is 10.1 Å². The normalized spacial score (nSPS) is 10.3. The first-order valence-corrected chi connectivity index (χ1v) is 7.47. The third-order valence-corrected chi connectivity index (χ3v) is 3.69. The van der Waals surface area contributed by atoms with E-state index in [9.17, 15) is 0 Å². The summed E-state index contributed by atoms with van der Waals surface area (Å²) in [7, 11) is 1.67. The summed E-state index contributed by atoms with van der Waals surface area (Å²) in [6, 6.07) is 19.8. The van der Waals surface area contributed by atoms with E-state index >= 15 is 0 Å². The van der Waals surface area contributed by atoms with Crippen LogP contribution in [0.2, 0.25) is 0 Å². The Morgan fingerprint density at radius 2 is 2.00 bits per heavy atom. The lowest BCUT2D eigenvalue weighted by molar-refractivity contribution is 0.414. The van der Waals surface area contributed by atoms with Crippen LogP contribution in [0.5, 0.6) is 5.75 Å². The SMILES string of the molecule is COc1cccc(CCNc2cc(C#N)nc3ccccc23)c1. The van der Waals surface area contributed by atoms with Crippen LogP contribution in [0.1, 0.15) is 11.3 Å². The van der Waals surface area contributed by atoms with Gasteiger partial charge in [-0.15, -0.1) is 0 Å². The van der Waals surface area contributed by atoms with Crippen LogP contribution in [-0.4, -0.2) is 18.6 Å². The maximum atomic E-state index is 9.13. The second-order valence-electron chi connectivity index (χ2n) is 5.21. The van der Waals surface area contributed by atoms with Crippen LogP contribution in [0.4, 0.5) is 5.69 Å². The van der Waals surface area contributed by atoms with E-state index in [0.29, 0.717) is 5.69 Å². The number of ether oxygens (including phenoxy) is 1. The monoisotopic (exact) mass is 303 g/mol. The zero-order valence-electron chi connectivity index (χ0n) is 12.9. The first-order valence-electron chi connectivity index (χ1n) is 7.47. The lowest BCUT2D eigenvalue weighted by Gasteiger charge is -2.10. The highest BCUT2D eigenvalue weighted by Gasteiger charge is 2.05. The molecule has 0 unspecified atom stereocenters. The van der Waals surface area contributed by atoms with Gasteiger partial charge in [-0.2, -0.15) is 5.26 Å². The van der Waals surface area contributed by atoms with Crippen molar-refractivity contribution in [2.75, 3.05) is 19.0 Å². The summed E-state index contributed by atoms with van der Waals surface area (Å²) in [6.07, 6.45) is 0.871. The van der Waals surface area contributed by atoms with Crippen LogP contribution in [0.25, 0.3) is 10.9 Å². The summed E-state index contributed by atoms with van der Waals surface area (Å²) in [6.45, 7) is 0.770. The zero-order chi connectivity index (χ0) is 16.1. The molecule has 0 fully saturated rings. The Balaban J connectivity index is 1.77. The highest BCUT2D eigenvalue weighted by atomic mass is 16.5. The van der Waals surface area contributed by atoms with E-state index < -0.39 is 0 Å². The first kappa shape index (κ1) is 14.9. The molecule has 3 aromatic rings. The minimum absolute atomic E-state index is 0.424. The summed E-state index contributed by atoms with van der Waals surface area (Å²) in [5, 5.41) is 13.6. The zero-order valence-corrected chi connectivity index (χ0v) is 12.9. The first-order chi connectivity index (χ1) is 11.3. The van der Waals surface area contributed by atoms with Gasteiger partial charge in [0.25, 0.3) is 0 Å². The van der Waals surface area contributed by atoms with Crippen molar-refractivity contribution in [2.45, 2.75) is 6.42 Å². The summed E-state index contributed by atoms with van der Waals surface area (Å²) < 4.78 is 5.24. The fourth-order valence-corrected chi connectivity index (χ4v) is 2.55. The molecule has 23 heavy (non-hydrogen) atoms. The molecule has 0 saturated heterocycles. The number of anilines is 1. The standard InChI is InChI=1S/C19H17N3O/c1-23-16-6-4-5-14(11-16)9-10-21-19-12-15(13-20)22-18-8-3-2-7-17(18)19/h2-8,11-12H,9-10H2,1H3,(H,21,22). The number of rotatable bonds is 5. The predicted molar refractivity (Wildman–Crippen MR) is 91.6 cm³/mol. The van der Waals surface area contributed by atoms with E-state index in [2.05, 4.69) is 22.4 Å². The van der Waals surface area contributed by atoms with Crippen molar-refractivity contribution >= 4 is 16.6 Å². The van der Waals surface area contributed by atoms with Crippen molar-refractivity contribution in [3.05, 3.63) is 65.9 Å². The van der Waals surface area contributed by atoms with Crippen molar-refractivity contribution < 1.29 is 4.74 Å². The number of pyridine rings is 1. The molecule has 3 rings (SSSR count). The van der Waals surface area contributed by atoms with Crippen molar-refractivity contribution in [3.8, 4) is 11.8 Å². The molecule has 4 heteroatoms. The molecule has 0 saturated carbocycles. The summed E-state index contributed by atoms with van der Waals surface area (Å²) in [5.41, 5.74) is 3.40. The quantitative estimate of drug-likeness (QED) is 0.779. The van der Waals surface area contributed by atoms with Gasteiger partial charge in [0.2, 0.25) is 0 Å². The van der Waals surface area contributed by atoms with E-state index in [0.717, 1.165) is 35.3 Å². The Bertz CT molecular complexity index is 868. The molecule has 0 aliphatic rings. The number of fused-ring (bicyclic) bond motifs is 1. The molecule has 4 nitrogen and oxygen atoms in total. The number of nitrogens with zero attached hydrogens (tertiary/aromatic N) is 2. The van der Waals surface area contributed by atoms with E-state index in [1.165, 1.54) is 5.56 Å². The Hall–Kier alpha value is -3.06. The molecule has 0 radical (unpaired) electrons. The Labute approximate surface area is 135 Å². The minimum atomic E-state index is 0.424. The fourth-order valence-electron chi connectivity index (χ4n) is 2.55. The lowest BCUT2D eigenvalue weighted by atomic mass is 10.1. The van der Waals surface area contributed by atoms with E-state index in [4.69, 9.17) is 10.00 Å². The molecule has 0 bridgehead atoms. The minimum Gasteiger partial charge on any atom is -0.497 e. The number of nitrogens with one attached hydrogen (secondary N) is 1. The van der Waals surface area contributed by atoms with E-state index in [-0.39, 0.29) is 0 Å². The highest BCUT2D eigenvalue weighted by Crippen LogP contribution is 2.23. The number of nitriles is 1. The van der Waals surface area contributed by atoms with Crippen LogP contribution in [0.3, 0.4) is 0 Å². The van der Waals surface area contributed by atoms with Gasteiger partial charge >= 0.3 is 0 Å². The smallest absolute Gasteiger partial charge is 0.143 e. The average Bonchev–Trinajstić information content (AvgIpc) is 2.61. The number of hydrogen-bond donors (Lipinski definition) is 1. The van der Waals surface area contributed by atoms with Crippen LogP contribution >= 0.6 is 0 Å². The van der Waals surface area contributed by atoms with E-state index in [1.54, 1.807) is 13.2 Å². The lowest BCUT2D eigenvalue weighted by Crippen LogP contribution is -2.06. The van der Waals surface area contributed by atoms with Gasteiger partial charge in [-0.1, -0.05) is 30.3 Å². The van der Waals surface area contributed by atoms with Crippen LogP contribution in [-0.2, 0) is 6.42 Å². The van der Waals surface area contributed by atoms with Gasteiger partial charge in [-0.25, -0.2) is 4.98 Å². The van der Waals surface area contributed by atoms with Gasteiger partial charge in [0.05, 0.1) is 12.6 Å². The molecule has 1 N–H and O–H groups in total. The Morgan fingerprint density at radius 3 is 2.83 bits per heavy atom. The number of hydrogen-bond acceptors (Lipinski definition) is 4. The van der Waals surface area contributed by atoms with Crippen molar-refractivity contribution in [1.29, 1.82) is 5.26 Å². The molecule has 1 aromatic heterocycles. The fraction of sp³-hybridized carbons (Fsp3) is 0.158. The molecule has 0 amide bonds. The van der Waals surface area contributed by atoms with Gasteiger partial charge in [0.1, 0.15) is 17.5 Å². The third kappa shape index (κ3) is 3.41. The summed E-state index contributed by atoms with van der Waals surface area (Å²) in [4.78, 5) is 4.33. The molecular weight excluding hydrogens is 286 g/mol. The van der Waals surface area contributed by atoms with Gasteiger partial charge in [-0.3, -0.25) is 0 Å². The van der Waals surface area contributed by atoms with Crippen LogP contribution in [0, 0.1) is 11.3 Å². The maximum Gasteiger partial charge on any atom is 0.143 e. The number of methoxy groups -OCH3 is 1. The molecule has 114 valence electrons. The second kappa shape index (κ2) is 6.80. The number of aromatic nitrogens is 1. The van der Waals surface area contributed by atoms with Gasteiger partial charge in [-0.05, 0) is 36.2 Å². The van der Waals surface area contributed by atoms with Crippen molar-refractivity contribution in [3.63, 3.8) is 0 Å². The topological polar surface area (TPSA) is 57.9 Å². The van der Waals surface area contributed by atoms with Gasteiger partial charge < -0.3 is 10.1 Å². The second-order valence-corrected chi connectivity index (χ2v) is 5.21. The molecule has 0 aliphatic heterocycles. The maximum absolute atomic E-state index is 9.13. The molecule has 2 aromatic carbocycles. The largest absolute Gasteiger partial charge is 0.497 e.